The molecule has 1 fully saturated rings. The van der Waals surface area contributed by atoms with Crippen molar-refractivity contribution in [3.05, 3.63) is 33.8 Å². The molecule has 4 N–H and O–H groups in total. The fourth-order valence-electron chi connectivity index (χ4n) is 3.44. The number of hydrogen-bond donors (Lipinski definition) is 4. The lowest BCUT2D eigenvalue weighted by atomic mass is 9.70. The molecule has 14 heteroatoms. The Morgan fingerprint density at radius 3 is 2.49 bits per heavy atom. The Hall–Kier alpha value is -2.83. The molecule has 1 aromatic carbocycles. The van der Waals surface area contributed by atoms with Gasteiger partial charge < -0.3 is 30.4 Å². The van der Waals surface area contributed by atoms with Gasteiger partial charge in [-0.15, -0.1) is 0 Å². The van der Waals surface area contributed by atoms with E-state index in [4.69, 9.17) is 32.5 Å². The van der Waals surface area contributed by atoms with E-state index in [0.717, 1.165) is 0 Å². The van der Waals surface area contributed by atoms with Crippen molar-refractivity contribution < 1.29 is 38.4 Å². The van der Waals surface area contributed by atoms with Crippen LogP contribution in [-0.4, -0.2) is 67.0 Å². The van der Waals surface area contributed by atoms with Gasteiger partial charge in [-0.25, -0.2) is 4.79 Å². The number of carboxylic acids is 1. The van der Waals surface area contributed by atoms with Crippen LogP contribution in [0.1, 0.15) is 43.5 Å². The highest BCUT2D eigenvalue weighted by atomic mass is 35.5. The van der Waals surface area contributed by atoms with Gasteiger partial charge in [0.25, 0.3) is 11.9 Å². The van der Waals surface area contributed by atoms with Crippen LogP contribution in [0.2, 0.25) is 10.0 Å². The van der Waals surface area contributed by atoms with E-state index in [-0.39, 0.29) is 27.9 Å². The van der Waals surface area contributed by atoms with Crippen molar-refractivity contribution in [1.82, 2.24) is 16.0 Å². The normalized spacial score (nSPS) is 18.5. The summed E-state index contributed by atoms with van der Waals surface area (Å²) in [4.78, 5) is 61.2. The largest absolute Gasteiger partial charge is 0.552 e. The summed E-state index contributed by atoms with van der Waals surface area (Å²) >= 11 is 11.9. The lowest BCUT2D eigenvalue weighted by Crippen LogP contribution is -2.62. The number of halogens is 2. The van der Waals surface area contributed by atoms with Gasteiger partial charge in [0, 0.05) is 12.1 Å². The van der Waals surface area contributed by atoms with Gasteiger partial charge in [0.2, 0.25) is 11.8 Å². The van der Waals surface area contributed by atoms with Gasteiger partial charge in [0.05, 0.1) is 35.9 Å². The zero-order valence-electron chi connectivity index (χ0n) is 19.4. The van der Waals surface area contributed by atoms with Gasteiger partial charge in [-0.05, 0) is 30.5 Å². The first-order valence-electron chi connectivity index (χ1n) is 10.7. The number of nitrogens with one attached hydrogen (secondary N) is 3. The molecule has 0 aliphatic carbocycles. The van der Waals surface area contributed by atoms with Gasteiger partial charge in [-0.1, -0.05) is 37.0 Å². The standard InChI is InChI=1S/C21H26BCl2N3O8/c1-11(2)6-15(22-34-18(30)9-21(35-22,20(32)33)8-16(28)25-3)27-17(29)10-26-19(31)13-7-12(23)4-5-14(13)24/h4-5,7,11,15H,6,8-10H2,1-3H3,(H,25,28)(H,26,31)(H,27,29)(H,32,33)/t15-,21-/m0/s1. The Bertz CT molecular complexity index is 1010. The molecule has 0 bridgehead atoms. The zero-order valence-corrected chi connectivity index (χ0v) is 20.9. The maximum absolute atomic E-state index is 12.6. The van der Waals surface area contributed by atoms with E-state index in [1.165, 1.54) is 25.2 Å². The Morgan fingerprint density at radius 2 is 1.89 bits per heavy atom. The van der Waals surface area contributed by atoms with Crippen molar-refractivity contribution in [3.8, 4) is 0 Å². The third-order valence-corrected chi connectivity index (χ3v) is 5.68. The number of hydrogen-bond acceptors (Lipinski definition) is 7. The van der Waals surface area contributed by atoms with Crippen molar-refractivity contribution in [2.75, 3.05) is 13.6 Å². The first-order valence-corrected chi connectivity index (χ1v) is 11.5. The Morgan fingerprint density at radius 1 is 1.20 bits per heavy atom. The topological polar surface area (TPSA) is 160 Å². The summed E-state index contributed by atoms with van der Waals surface area (Å²) in [5, 5.41) is 17.5. The maximum atomic E-state index is 12.6. The van der Waals surface area contributed by atoms with Crippen LogP contribution >= 0.6 is 23.2 Å². The van der Waals surface area contributed by atoms with Crippen LogP contribution in [0.25, 0.3) is 0 Å². The first-order chi connectivity index (χ1) is 16.4. The van der Waals surface area contributed by atoms with Gasteiger partial charge in [-0.3, -0.25) is 19.2 Å². The number of aliphatic carboxylic acids is 1. The third kappa shape index (κ3) is 7.84. The summed E-state index contributed by atoms with van der Waals surface area (Å²) in [5.41, 5.74) is -2.08. The smallest absolute Gasteiger partial charge is 0.508 e. The third-order valence-electron chi connectivity index (χ3n) is 5.12. The minimum atomic E-state index is -2.16. The van der Waals surface area contributed by atoms with E-state index in [1.807, 2.05) is 13.8 Å². The summed E-state index contributed by atoms with van der Waals surface area (Å²) in [6.07, 6.45) is -1.05. The van der Waals surface area contributed by atoms with Crippen LogP contribution in [0.4, 0.5) is 0 Å². The molecule has 1 aliphatic heterocycles. The van der Waals surface area contributed by atoms with E-state index < -0.39 is 67.7 Å². The minimum Gasteiger partial charge on any atom is -0.508 e. The second-order valence-electron chi connectivity index (χ2n) is 8.41. The average Bonchev–Trinajstić information content (AvgIpc) is 2.77. The van der Waals surface area contributed by atoms with Crippen LogP contribution < -0.4 is 16.0 Å². The molecule has 11 nitrogen and oxygen atoms in total. The zero-order chi connectivity index (χ0) is 26.3. The highest BCUT2D eigenvalue weighted by Gasteiger charge is 2.54. The van der Waals surface area contributed by atoms with Gasteiger partial charge in [-0.2, -0.15) is 0 Å². The van der Waals surface area contributed by atoms with Gasteiger partial charge in [0.15, 0.2) is 5.60 Å². The van der Waals surface area contributed by atoms with Crippen molar-refractivity contribution in [3.63, 3.8) is 0 Å². The SMILES string of the molecule is CNC(=O)C[C@@]1(C(=O)O)CC(=O)OB([C@H](CC(C)C)NC(=O)CNC(=O)c2cc(Cl)ccc2Cl)O1. The maximum Gasteiger partial charge on any atom is 0.552 e. The summed E-state index contributed by atoms with van der Waals surface area (Å²) in [6, 6.07) is 4.31. The predicted molar refractivity (Wildman–Crippen MR) is 127 cm³/mol. The molecule has 190 valence electrons. The van der Waals surface area contributed by atoms with Crippen LogP contribution in [0.5, 0.6) is 0 Å². The van der Waals surface area contributed by atoms with Crippen molar-refractivity contribution in [2.45, 2.75) is 44.7 Å². The Kier molecular flexibility index (Phi) is 9.93. The second kappa shape index (κ2) is 12.2. The van der Waals surface area contributed by atoms with Crippen LogP contribution in [0.15, 0.2) is 18.2 Å². The number of carboxylic acid groups (broad SMARTS) is 1. The number of carbonyl (C=O) groups excluding carboxylic acids is 4. The molecule has 0 saturated carbocycles. The van der Waals surface area contributed by atoms with Crippen molar-refractivity contribution >= 4 is 60.0 Å². The molecule has 0 radical (unpaired) electrons. The molecule has 35 heavy (non-hydrogen) atoms. The summed E-state index contributed by atoms with van der Waals surface area (Å²) in [5.74, 6) is -5.32. The highest BCUT2D eigenvalue weighted by molar-refractivity contribution is 6.50. The molecule has 2 atom stereocenters. The molecular weight excluding hydrogens is 504 g/mol. The molecular formula is C21H26BCl2N3O8. The van der Waals surface area contributed by atoms with E-state index in [9.17, 15) is 29.1 Å². The molecule has 0 aromatic heterocycles. The van der Waals surface area contributed by atoms with Crippen molar-refractivity contribution in [1.29, 1.82) is 0 Å². The molecule has 2 rings (SSSR count). The van der Waals surface area contributed by atoms with E-state index in [1.54, 1.807) is 0 Å². The Balaban J connectivity index is 2.15. The quantitative estimate of drug-likeness (QED) is 0.329. The number of amides is 3. The number of rotatable bonds is 10. The fraction of sp³-hybridized carbons (Fsp3) is 0.476. The predicted octanol–water partition coefficient (Wildman–Crippen LogP) is 1.20. The van der Waals surface area contributed by atoms with E-state index >= 15 is 0 Å². The highest BCUT2D eigenvalue weighted by Crippen LogP contribution is 2.30. The minimum absolute atomic E-state index is 0.0254. The van der Waals surface area contributed by atoms with E-state index in [0.29, 0.717) is 0 Å². The second-order valence-corrected chi connectivity index (χ2v) is 9.26. The molecule has 0 spiro atoms. The molecule has 3 amide bonds. The van der Waals surface area contributed by atoms with Gasteiger partial charge in [0.1, 0.15) is 0 Å². The fourth-order valence-corrected chi connectivity index (χ4v) is 3.82. The van der Waals surface area contributed by atoms with Gasteiger partial charge >= 0.3 is 13.1 Å². The molecule has 1 heterocycles. The van der Waals surface area contributed by atoms with Crippen LogP contribution in [-0.2, 0) is 28.5 Å². The Labute approximate surface area is 212 Å². The number of carbonyl (C=O) groups is 5. The summed E-state index contributed by atoms with van der Waals surface area (Å²) in [7, 11) is -0.148. The lowest BCUT2D eigenvalue weighted by Gasteiger charge is -2.38. The average molecular weight is 530 g/mol. The molecule has 1 saturated heterocycles. The number of benzene rings is 1. The van der Waals surface area contributed by atoms with Crippen LogP contribution in [0, 0.1) is 5.92 Å². The molecule has 0 unspecified atom stereocenters. The summed E-state index contributed by atoms with van der Waals surface area (Å²) in [6.45, 7) is 3.21. The molecule has 1 aliphatic rings. The summed E-state index contributed by atoms with van der Waals surface area (Å²) < 4.78 is 10.8. The van der Waals surface area contributed by atoms with Crippen molar-refractivity contribution in [2.24, 2.45) is 5.92 Å². The van der Waals surface area contributed by atoms with Crippen LogP contribution in [0.3, 0.4) is 0 Å². The lowest BCUT2D eigenvalue weighted by molar-refractivity contribution is -0.172. The molecule has 1 aromatic rings. The first kappa shape index (κ1) is 28.4. The monoisotopic (exact) mass is 529 g/mol. The van der Waals surface area contributed by atoms with E-state index in [2.05, 4.69) is 16.0 Å².